The lowest BCUT2D eigenvalue weighted by Gasteiger charge is -2.33. The van der Waals surface area contributed by atoms with Gasteiger partial charge in [-0.3, -0.25) is 14.3 Å². The number of nitrogens with zero attached hydrogens (tertiary/aromatic N) is 4. The summed E-state index contributed by atoms with van der Waals surface area (Å²) in [7, 11) is 3.41. The maximum absolute atomic E-state index is 15.8. The topological polar surface area (TPSA) is 58.4 Å². The average molecular weight is 471 g/mol. The highest BCUT2D eigenvalue weighted by atomic mass is 32.1. The Balaban J connectivity index is 1.61. The number of halogens is 1. The Morgan fingerprint density at radius 1 is 1.30 bits per heavy atom. The fourth-order valence-corrected chi connectivity index (χ4v) is 5.73. The molecular formula is C25H31FN4O2S. The lowest BCUT2D eigenvalue weighted by molar-refractivity contribution is -0.132. The second kappa shape index (κ2) is 9.63. The molecule has 0 N–H and O–H groups in total. The molecule has 0 bridgehead atoms. The molecule has 176 valence electrons. The summed E-state index contributed by atoms with van der Waals surface area (Å²) in [6.07, 6.45) is 5.63. The smallest absolute Gasteiger partial charge is 0.263 e. The van der Waals surface area contributed by atoms with Crippen molar-refractivity contribution in [3.8, 4) is 0 Å². The Labute approximate surface area is 198 Å². The molecule has 3 aromatic rings. The van der Waals surface area contributed by atoms with E-state index >= 15 is 4.39 Å². The number of hydrogen-bond acceptors (Lipinski definition) is 4. The average Bonchev–Trinajstić information content (AvgIpc) is 3.47. The van der Waals surface area contributed by atoms with Gasteiger partial charge in [0.2, 0.25) is 5.91 Å². The van der Waals surface area contributed by atoms with Gasteiger partial charge < -0.3 is 9.80 Å². The maximum Gasteiger partial charge on any atom is 0.263 e. The molecule has 0 aliphatic carbocycles. The van der Waals surface area contributed by atoms with Crippen LogP contribution in [0.2, 0.25) is 0 Å². The zero-order valence-corrected chi connectivity index (χ0v) is 20.5. The Morgan fingerprint density at radius 2 is 2.09 bits per heavy atom. The molecule has 6 nitrogen and oxygen atoms in total. The van der Waals surface area contributed by atoms with Crippen LogP contribution in [-0.2, 0) is 11.3 Å². The van der Waals surface area contributed by atoms with Gasteiger partial charge in [-0.1, -0.05) is 19.9 Å². The van der Waals surface area contributed by atoms with Crippen molar-refractivity contribution in [1.82, 2.24) is 19.6 Å². The van der Waals surface area contributed by atoms with Crippen LogP contribution in [0.4, 0.5) is 4.39 Å². The Hall–Kier alpha value is -2.74. The van der Waals surface area contributed by atoms with Gasteiger partial charge in [0.15, 0.2) is 0 Å². The Kier molecular flexibility index (Phi) is 6.83. The number of piperidine rings is 1. The third kappa shape index (κ3) is 4.81. The Bertz CT molecular complexity index is 1150. The highest BCUT2D eigenvalue weighted by Gasteiger charge is 2.29. The molecule has 0 spiro atoms. The SMILES string of the molecule is CC(C)c1cc([C@@H]2CCCN(C(=O)CCn3cccn3)C2)c(F)c2sc(C(=O)N(C)C)cc12. The van der Waals surface area contributed by atoms with Crippen molar-refractivity contribution >= 4 is 33.2 Å². The van der Waals surface area contributed by atoms with Crippen LogP contribution >= 0.6 is 11.3 Å². The largest absolute Gasteiger partial charge is 0.344 e. The molecule has 4 rings (SSSR count). The van der Waals surface area contributed by atoms with Crippen molar-refractivity contribution < 1.29 is 14.0 Å². The molecule has 1 aliphatic rings. The van der Waals surface area contributed by atoms with Crippen molar-refractivity contribution in [2.45, 2.75) is 51.5 Å². The number of benzene rings is 1. The van der Waals surface area contributed by atoms with Crippen molar-refractivity contribution in [2.75, 3.05) is 27.2 Å². The third-order valence-corrected chi connectivity index (χ3v) is 7.49. The predicted octanol–water partition coefficient (Wildman–Crippen LogP) is 4.86. The van der Waals surface area contributed by atoms with Gasteiger partial charge in [-0.25, -0.2) is 4.39 Å². The zero-order valence-electron chi connectivity index (χ0n) is 19.7. The molecule has 33 heavy (non-hydrogen) atoms. The van der Waals surface area contributed by atoms with E-state index in [0.29, 0.717) is 41.2 Å². The summed E-state index contributed by atoms with van der Waals surface area (Å²) in [5.74, 6) is -0.133. The molecule has 8 heteroatoms. The van der Waals surface area contributed by atoms with Crippen LogP contribution in [0.3, 0.4) is 0 Å². The summed E-state index contributed by atoms with van der Waals surface area (Å²) in [6, 6.07) is 5.65. The number of thiophene rings is 1. The van der Waals surface area contributed by atoms with Gasteiger partial charge in [0.05, 0.1) is 9.58 Å². The van der Waals surface area contributed by atoms with Crippen LogP contribution in [0.25, 0.3) is 10.1 Å². The van der Waals surface area contributed by atoms with Crippen LogP contribution < -0.4 is 0 Å². The third-order valence-electron chi connectivity index (χ3n) is 6.37. The molecule has 1 aliphatic heterocycles. The Morgan fingerprint density at radius 3 is 2.76 bits per heavy atom. The molecule has 1 aromatic carbocycles. The van der Waals surface area contributed by atoms with Crippen LogP contribution in [0.15, 0.2) is 30.6 Å². The number of fused-ring (bicyclic) bond motifs is 1. The molecule has 1 atom stereocenters. The first-order valence-corrected chi connectivity index (χ1v) is 12.3. The number of rotatable bonds is 6. The summed E-state index contributed by atoms with van der Waals surface area (Å²) < 4.78 is 18.1. The molecule has 0 radical (unpaired) electrons. The zero-order chi connectivity index (χ0) is 23.7. The standard InChI is InChI=1S/C25H31FN4O2S/c1-16(2)18-13-19(23(26)24-20(18)14-21(33-24)25(32)28(3)4)17-7-5-10-29(15-17)22(31)8-12-30-11-6-9-27-30/h6,9,11,13-14,16-17H,5,7-8,10,12,15H2,1-4H3/t17-/m1/s1. The van der Waals surface area contributed by atoms with E-state index in [4.69, 9.17) is 0 Å². The van der Waals surface area contributed by atoms with Crippen molar-refractivity contribution in [3.05, 3.63) is 52.4 Å². The monoisotopic (exact) mass is 470 g/mol. The van der Waals surface area contributed by atoms with Crippen LogP contribution in [0, 0.1) is 5.82 Å². The van der Waals surface area contributed by atoms with Gasteiger partial charge in [-0.15, -0.1) is 11.3 Å². The number of aryl methyl sites for hydroxylation is 1. The van der Waals surface area contributed by atoms with Crippen molar-refractivity contribution in [2.24, 2.45) is 0 Å². The van der Waals surface area contributed by atoms with Crippen LogP contribution in [0.1, 0.15) is 65.7 Å². The van der Waals surface area contributed by atoms with E-state index in [1.165, 1.54) is 16.2 Å². The summed E-state index contributed by atoms with van der Waals surface area (Å²) in [5, 5.41) is 4.98. The van der Waals surface area contributed by atoms with Gasteiger partial charge in [0, 0.05) is 58.5 Å². The molecule has 2 aromatic heterocycles. The summed E-state index contributed by atoms with van der Waals surface area (Å²) in [5.41, 5.74) is 1.72. The van der Waals surface area contributed by atoms with Crippen molar-refractivity contribution in [1.29, 1.82) is 0 Å². The molecule has 0 saturated carbocycles. The number of carbonyl (C=O) groups excluding carboxylic acids is 2. The van der Waals surface area contributed by atoms with E-state index in [9.17, 15) is 9.59 Å². The minimum atomic E-state index is -0.243. The first-order chi connectivity index (χ1) is 15.8. The van der Waals surface area contributed by atoms with Gasteiger partial charge in [0.1, 0.15) is 5.82 Å². The first-order valence-electron chi connectivity index (χ1n) is 11.5. The number of amides is 2. The van der Waals surface area contributed by atoms with E-state index in [2.05, 4.69) is 18.9 Å². The van der Waals surface area contributed by atoms with Gasteiger partial charge in [0.25, 0.3) is 5.91 Å². The predicted molar refractivity (Wildman–Crippen MR) is 129 cm³/mol. The molecule has 2 amide bonds. The minimum absolute atomic E-state index is 0.0515. The highest BCUT2D eigenvalue weighted by molar-refractivity contribution is 7.20. The highest BCUT2D eigenvalue weighted by Crippen LogP contribution is 2.40. The number of hydrogen-bond donors (Lipinski definition) is 0. The molecular weight excluding hydrogens is 439 g/mol. The molecule has 0 unspecified atom stereocenters. The van der Waals surface area contributed by atoms with Gasteiger partial charge in [-0.05, 0) is 47.4 Å². The van der Waals surface area contributed by atoms with Gasteiger partial charge >= 0.3 is 0 Å². The fraction of sp³-hybridized carbons (Fsp3) is 0.480. The first kappa shape index (κ1) is 23.4. The lowest BCUT2D eigenvalue weighted by atomic mass is 9.86. The fourth-order valence-electron chi connectivity index (χ4n) is 4.57. The summed E-state index contributed by atoms with van der Waals surface area (Å²) in [4.78, 5) is 29.3. The summed E-state index contributed by atoms with van der Waals surface area (Å²) in [6.45, 7) is 5.95. The second-order valence-electron chi connectivity index (χ2n) is 9.27. The number of aromatic nitrogens is 2. The number of likely N-dealkylation sites (tertiary alicyclic amines) is 1. The van der Waals surface area contributed by atoms with Crippen molar-refractivity contribution in [3.63, 3.8) is 0 Å². The van der Waals surface area contributed by atoms with E-state index in [1.54, 1.807) is 25.0 Å². The quantitative estimate of drug-likeness (QED) is 0.517. The lowest BCUT2D eigenvalue weighted by Crippen LogP contribution is -2.39. The van der Waals surface area contributed by atoms with E-state index < -0.39 is 0 Å². The summed E-state index contributed by atoms with van der Waals surface area (Å²) >= 11 is 1.23. The van der Waals surface area contributed by atoms with Crippen LogP contribution in [0.5, 0.6) is 0 Å². The maximum atomic E-state index is 15.8. The second-order valence-corrected chi connectivity index (χ2v) is 10.3. The van der Waals surface area contributed by atoms with E-state index in [-0.39, 0.29) is 29.5 Å². The van der Waals surface area contributed by atoms with E-state index in [0.717, 1.165) is 23.8 Å². The normalized spacial score (nSPS) is 16.5. The number of carbonyl (C=O) groups is 2. The molecule has 1 saturated heterocycles. The molecule has 3 heterocycles. The van der Waals surface area contributed by atoms with E-state index in [1.807, 2.05) is 29.3 Å². The molecule has 1 fully saturated rings. The van der Waals surface area contributed by atoms with Crippen LogP contribution in [-0.4, -0.2) is 58.6 Å². The minimum Gasteiger partial charge on any atom is -0.344 e. The van der Waals surface area contributed by atoms with Gasteiger partial charge in [-0.2, -0.15) is 5.10 Å².